The topological polar surface area (TPSA) is 73.7 Å². The van der Waals surface area contributed by atoms with E-state index < -0.39 is 0 Å². The highest BCUT2D eigenvalue weighted by Crippen LogP contribution is 2.26. The van der Waals surface area contributed by atoms with E-state index in [1.807, 2.05) is 68.4 Å². The maximum Gasteiger partial charge on any atom is 0.259 e. The maximum atomic E-state index is 13.4. The van der Waals surface area contributed by atoms with Gasteiger partial charge in [-0.2, -0.15) is 0 Å². The quantitative estimate of drug-likeness (QED) is 0.218. The molecule has 4 rings (SSSR count). The third-order valence-electron chi connectivity index (χ3n) is 5.75. The zero-order chi connectivity index (χ0) is 26.4. The van der Waals surface area contributed by atoms with Gasteiger partial charge in [0.2, 0.25) is 5.91 Å². The highest BCUT2D eigenvalue weighted by molar-refractivity contribution is 7.99. The van der Waals surface area contributed by atoms with E-state index in [-0.39, 0.29) is 23.3 Å². The molecule has 0 aliphatic carbocycles. The Morgan fingerprint density at radius 3 is 2.08 bits per heavy atom. The number of thioether (sulfide) groups is 1. The minimum Gasteiger partial charge on any atom is -0.497 e. The molecule has 0 radical (unpaired) electrons. The molecule has 0 saturated heterocycles. The van der Waals surface area contributed by atoms with Crippen LogP contribution < -0.4 is 19.9 Å². The van der Waals surface area contributed by atoms with Gasteiger partial charge in [-0.25, -0.2) is 4.98 Å². The summed E-state index contributed by atoms with van der Waals surface area (Å²) in [4.78, 5) is 33.3. The Kier molecular flexibility index (Phi) is 8.30. The molecule has 0 N–H and O–H groups in total. The molecule has 7 nitrogen and oxygen atoms in total. The molecule has 8 heteroatoms. The monoisotopic (exact) mass is 515 g/mol. The number of hydrogen-bond acceptors (Lipinski definition) is 6. The van der Waals surface area contributed by atoms with Crippen molar-refractivity contribution >= 4 is 23.4 Å². The van der Waals surface area contributed by atoms with Crippen molar-refractivity contribution in [1.82, 2.24) is 9.55 Å². The zero-order valence-electron chi connectivity index (χ0n) is 21.3. The average Bonchev–Trinajstić information content (AvgIpc) is 2.92. The van der Waals surface area contributed by atoms with Crippen LogP contribution in [0.5, 0.6) is 11.5 Å². The summed E-state index contributed by atoms with van der Waals surface area (Å²) in [5.41, 5.74) is 2.52. The predicted octanol–water partition coefficient (Wildman–Crippen LogP) is 5.45. The number of methoxy groups -OCH3 is 2. The van der Waals surface area contributed by atoms with Crippen LogP contribution in [0.15, 0.2) is 94.9 Å². The Bertz CT molecular complexity index is 1400. The molecule has 0 spiro atoms. The van der Waals surface area contributed by atoms with Crippen LogP contribution in [0.4, 0.5) is 5.69 Å². The van der Waals surface area contributed by atoms with Gasteiger partial charge in [-0.15, -0.1) is 0 Å². The molecule has 0 aliphatic rings. The van der Waals surface area contributed by atoms with E-state index in [0.717, 1.165) is 11.3 Å². The van der Waals surface area contributed by atoms with E-state index in [1.165, 1.54) is 22.4 Å². The number of aromatic nitrogens is 2. The molecule has 1 aromatic heterocycles. The Balaban J connectivity index is 1.72. The lowest BCUT2D eigenvalue weighted by atomic mass is 10.1. The first-order valence-corrected chi connectivity index (χ1v) is 12.8. The summed E-state index contributed by atoms with van der Waals surface area (Å²) in [5, 5.41) is 0.425. The molecule has 0 aliphatic heterocycles. The Hall–Kier alpha value is -4.04. The minimum atomic E-state index is -0.246. The largest absolute Gasteiger partial charge is 0.497 e. The third-order valence-corrected chi connectivity index (χ3v) is 6.67. The standard InChI is InChI=1S/C29H29N3O4S/c1-20(2)31(22-8-6-5-7-9-22)28(34)19-37-29-30-26(21-10-14-24(35-3)15-11-21)18-27(33)32(29)23-12-16-25(36-4)17-13-23/h5-18,20H,19H2,1-4H3. The number of benzene rings is 3. The van der Waals surface area contributed by atoms with Crippen LogP contribution in [0.1, 0.15) is 13.8 Å². The summed E-state index contributed by atoms with van der Waals surface area (Å²) in [6, 6.07) is 25.6. The molecule has 1 heterocycles. The Morgan fingerprint density at radius 2 is 1.51 bits per heavy atom. The first-order valence-electron chi connectivity index (χ1n) is 11.8. The van der Waals surface area contributed by atoms with Crippen molar-refractivity contribution in [3.05, 3.63) is 95.3 Å². The molecule has 3 aromatic carbocycles. The van der Waals surface area contributed by atoms with E-state index in [1.54, 1.807) is 43.4 Å². The van der Waals surface area contributed by atoms with Crippen molar-refractivity contribution < 1.29 is 14.3 Å². The Morgan fingerprint density at radius 1 is 0.919 bits per heavy atom. The van der Waals surface area contributed by atoms with Crippen molar-refractivity contribution in [3.63, 3.8) is 0 Å². The van der Waals surface area contributed by atoms with E-state index in [0.29, 0.717) is 28.0 Å². The minimum absolute atomic E-state index is 0.0297. The smallest absolute Gasteiger partial charge is 0.259 e. The number of para-hydroxylation sites is 1. The van der Waals surface area contributed by atoms with Gasteiger partial charge in [0.05, 0.1) is 31.4 Å². The highest BCUT2D eigenvalue weighted by Gasteiger charge is 2.21. The lowest BCUT2D eigenvalue weighted by Crippen LogP contribution is -2.38. The summed E-state index contributed by atoms with van der Waals surface area (Å²) >= 11 is 1.24. The first-order chi connectivity index (χ1) is 17.9. The van der Waals surface area contributed by atoms with Crippen LogP contribution in [0.3, 0.4) is 0 Å². The molecule has 0 unspecified atom stereocenters. The number of anilines is 1. The van der Waals surface area contributed by atoms with Crippen molar-refractivity contribution in [1.29, 1.82) is 0 Å². The zero-order valence-corrected chi connectivity index (χ0v) is 22.1. The van der Waals surface area contributed by atoms with Crippen LogP contribution in [0, 0.1) is 0 Å². The molecule has 0 saturated carbocycles. The number of rotatable bonds is 9. The molecule has 1 amide bonds. The second-order valence-electron chi connectivity index (χ2n) is 8.51. The number of carbonyl (C=O) groups excluding carboxylic acids is 1. The molecule has 37 heavy (non-hydrogen) atoms. The lowest BCUT2D eigenvalue weighted by molar-refractivity contribution is -0.116. The second kappa shape index (κ2) is 11.8. The third kappa shape index (κ3) is 6.03. The molecule has 0 fully saturated rings. The molecule has 4 aromatic rings. The SMILES string of the molecule is COc1ccc(-c2cc(=O)n(-c3ccc(OC)cc3)c(SCC(=O)N(c3ccccc3)C(C)C)n2)cc1. The summed E-state index contributed by atoms with van der Waals surface area (Å²) in [6.07, 6.45) is 0. The average molecular weight is 516 g/mol. The fourth-order valence-corrected chi connectivity index (χ4v) is 4.83. The van der Waals surface area contributed by atoms with Gasteiger partial charge in [0.25, 0.3) is 5.56 Å². The lowest BCUT2D eigenvalue weighted by Gasteiger charge is -2.27. The van der Waals surface area contributed by atoms with Gasteiger partial charge in [-0.1, -0.05) is 30.0 Å². The van der Waals surface area contributed by atoms with Crippen molar-refractivity contribution in [2.45, 2.75) is 25.0 Å². The van der Waals surface area contributed by atoms with Crippen LogP contribution in [0.25, 0.3) is 16.9 Å². The van der Waals surface area contributed by atoms with Crippen molar-refractivity contribution in [2.24, 2.45) is 0 Å². The number of hydrogen-bond donors (Lipinski definition) is 0. The summed E-state index contributed by atoms with van der Waals surface area (Å²) < 4.78 is 12.0. The van der Waals surface area contributed by atoms with Gasteiger partial charge in [-0.05, 0) is 74.5 Å². The van der Waals surface area contributed by atoms with Gasteiger partial charge in [0.1, 0.15) is 11.5 Å². The molecule has 0 bridgehead atoms. The molecule has 0 atom stereocenters. The fraction of sp³-hybridized carbons (Fsp3) is 0.207. The van der Waals surface area contributed by atoms with Crippen LogP contribution >= 0.6 is 11.8 Å². The van der Waals surface area contributed by atoms with Gasteiger partial charge in [-0.3, -0.25) is 14.2 Å². The molecule has 190 valence electrons. The first kappa shape index (κ1) is 26.0. The fourth-order valence-electron chi connectivity index (χ4n) is 3.95. The van der Waals surface area contributed by atoms with Gasteiger partial charge in [0.15, 0.2) is 5.16 Å². The van der Waals surface area contributed by atoms with E-state index in [4.69, 9.17) is 14.5 Å². The number of ether oxygens (including phenoxy) is 2. The predicted molar refractivity (Wildman–Crippen MR) is 148 cm³/mol. The summed E-state index contributed by atoms with van der Waals surface area (Å²) in [7, 11) is 3.19. The van der Waals surface area contributed by atoms with Crippen molar-refractivity contribution in [2.75, 3.05) is 24.9 Å². The van der Waals surface area contributed by atoms with Crippen LogP contribution in [0.2, 0.25) is 0 Å². The van der Waals surface area contributed by atoms with E-state index >= 15 is 0 Å². The van der Waals surface area contributed by atoms with E-state index in [9.17, 15) is 9.59 Å². The van der Waals surface area contributed by atoms with Gasteiger partial charge >= 0.3 is 0 Å². The normalized spacial score (nSPS) is 10.8. The Labute approximate surface area is 220 Å². The van der Waals surface area contributed by atoms with Crippen LogP contribution in [-0.4, -0.2) is 41.5 Å². The summed E-state index contributed by atoms with van der Waals surface area (Å²) in [5.74, 6) is 1.43. The van der Waals surface area contributed by atoms with Gasteiger partial charge < -0.3 is 14.4 Å². The number of nitrogens with zero attached hydrogens (tertiary/aromatic N) is 3. The molecular formula is C29H29N3O4S. The van der Waals surface area contributed by atoms with Crippen molar-refractivity contribution in [3.8, 4) is 28.4 Å². The number of amides is 1. The summed E-state index contributed by atoms with van der Waals surface area (Å²) in [6.45, 7) is 3.96. The van der Waals surface area contributed by atoms with Gasteiger partial charge in [0, 0.05) is 23.4 Å². The highest BCUT2D eigenvalue weighted by atomic mass is 32.2. The second-order valence-corrected chi connectivity index (χ2v) is 9.45. The number of carbonyl (C=O) groups is 1. The van der Waals surface area contributed by atoms with E-state index in [2.05, 4.69) is 0 Å². The maximum absolute atomic E-state index is 13.4. The van der Waals surface area contributed by atoms with Crippen LogP contribution in [-0.2, 0) is 4.79 Å². The molecular weight excluding hydrogens is 486 g/mol.